The zero-order valence-electron chi connectivity index (χ0n) is 11.8. The minimum atomic E-state index is -3.64. The lowest BCUT2D eigenvalue weighted by atomic mass is 10.2. The van der Waals surface area contributed by atoms with Crippen molar-refractivity contribution in [2.24, 2.45) is 0 Å². The molecule has 0 aliphatic heterocycles. The van der Waals surface area contributed by atoms with Crippen LogP contribution in [0.1, 0.15) is 12.5 Å². The number of ether oxygens (including phenoxy) is 1. The van der Waals surface area contributed by atoms with Crippen LogP contribution in [0.4, 0.5) is 10.1 Å². The highest BCUT2D eigenvalue weighted by molar-refractivity contribution is 7.91. The lowest BCUT2D eigenvalue weighted by Gasteiger charge is -2.10. The maximum absolute atomic E-state index is 13.7. The van der Waals surface area contributed by atoms with Crippen LogP contribution in [0.3, 0.4) is 0 Å². The van der Waals surface area contributed by atoms with Crippen LogP contribution in [0.2, 0.25) is 5.02 Å². The first-order chi connectivity index (χ1) is 10.4. The third-order valence-corrected chi connectivity index (χ3v) is 4.29. The molecular formula is C15H15ClFNO3S. The number of halogens is 2. The van der Waals surface area contributed by atoms with Gasteiger partial charge in [-0.1, -0.05) is 23.7 Å². The summed E-state index contributed by atoms with van der Waals surface area (Å²) in [5.74, 6) is -0.754. The van der Waals surface area contributed by atoms with Crippen molar-refractivity contribution >= 4 is 27.3 Å². The van der Waals surface area contributed by atoms with Crippen LogP contribution in [0.15, 0.2) is 42.5 Å². The lowest BCUT2D eigenvalue weighted by molar-refractivity contribution is 0.321. The van der Waals surface area contributed by atoms with E-state index in [0.29, 0.717) is 17.2 Å². The number of nitrogens with one attached hydrogen (secondary N) is 1. The SMILES string of the molecule is CCOc1ccc(NS(=O)(=O)Cc2ccc(Cl)cc2)cc1F. The first-order valence-electron chi connectivity index (χ1n) is 6.57. The normalized spacial score (nSPS) is 11.2. The Morgan fingerprint density at radius 3 is 2.45 bits per heavy atom. The fraction of sp³-hybridized carbons (Fsp3) is 0.200. The van der Waals surface area contributed by atoms with E-state index in [1.165, 1.54) is 12.1 Å². The Hall–Kier alpha value is -1.79. The standard InChI is InChI=1S/C15H15ClFNO3S/c1-2-21-15-8-7-13(9-14(15)17)18-22(19,20)10-11-3-5-12(16)6-4-11/h3-9,18H,2,10H2,1H3. The molecule has 7 heteroatoms. The maximum atomic E-state index is 13.7. The summed E-state index contributed by atoms with van der Waals surface area (Å²) in [6, 6.07) is 10.4. The molecule has 0 aromatic heterocycles. The Balaban J connectivity index is 2.11. The second-order valence-electron chi connectivity index (χ2n) is 4.57. The van der Waals surface area contributed by atoms with Gasteiger partial charge in [-0.15, -0.1) is 0 Å². The molecule has 2 aromatic rings. The largest absolute Gasteiger partial charge is 0.491 e. The molecule has 0 saturated carbocycles. The van der Waals surface area contributed by atoms with E-state index in [4.69, 9.17) is 16.3 Å². The van der Waals surface area contributed by atoms with Gasteiger partial charge in [0.25, 0.3) is 0 Å². The molecule has 2 rings (SSSR count). The van der Waals surface area contributed by atoms with Gasteiger partial charge in [-0.25, -0.2) is 12.8 Å². The molecule has 2 aromatic carbocycles. The van der Waals surface area contributed by atoms with Crippen molar-refractivity contribution in [2.45, 2.75) is 12.7 Å². The average molecular weight is 344 g/mol. The van der Waals surface area contributed by atoms with Gasteiger partial charge in [0.15, 0.2) is 11.6 Å². The summed E-state index contributed by atoms with van der Waals surface area (Å²) in [6.07, 6.45) is 0. The quantitative estimate of drug-likeness (QED) is 0.867. The topological polar surface area (TPSA) is 55.4 Å². The highest BCUT2D eigenvalue weighted by Crippen LogP contribution is 2.22. The Labute approximate surface area is 133 Å². The van der Waals surface area contributed by atoms with Crippen molar-refractivity contribution in [1.29, 1.82) is 0 Å². The predicted octanol–water partition coefficient (Wildman–Crippen LogP) is 3.82. The lowest BCUT2D eigenvalue weighted by Crippen LogP contribution is -2.15. The van der Waals surface area contributed by atoms with E-state index >= 15 is 0 Å². The number of hydrogen-bond acceptors (Lipinski definition) is 3. The molecule has 0 heterocycles. The second-order valence-corrected chi connectivity index (χ2v) is 6.72. The van der Waals surface area contributed by atoms with Gasteiger partial charge in [-0.05, 0) is 36.8 Å². The van der Waals surface area contributed by atoms with Crippen molar-refractivity contribution in [2.75, 3.05) is 11.3 Å². The molecule has 0 fully saturated rings. The van der Waals surface area contributed by atoms with Crippen LogP contribution < -0.4 is 9.46 Å². The minimum absolute atomic E-state index is 0.0862. The fourth-order valence-electron chi connectivity index (χ4n) is 1.85. The van der Waals surface area contributed by atoms with Crippen LogP contribution >= 0.6 is 11.6 Å². The summed E-state index contributed by atoms with van der Waals surface area (Å²) in [5, 5.41) is 0.530. The Bertz CT molecular complexity index is 748. The monoisotopic (exact) mass is 343 g/mol. The Morgan fingerprint density at radius 2 is 1.86 bits per heavy atom. The zero-order valence-corrected chi connectivity index (χ0v) is 13.4. The number of benzene rings is 2. The van der Waals surface area contributed by atoms with Gasteiger partial charge < -0.3 is 4.74 Å². The van der Waals surface area contributed by atoms with Crippen molar-refractivity contribution in [3.8, 4) is 5.75 Å². The summed E-state index contributed by atoms with van der Waals surface area (Å²) in [7, 11) is -3.64. The predicted molar refractivity (Wildman–Crippen MR) is 85.3 cm³/mol. The maximum Gasteiger partial charge on any atom is 0.236 e. The summed E-state index contributed by atoms with van der Waals surface area (Å²) < 4.78 is 45.3. The molecule has 0 atom stereocenters. The van der Waals surface area contributed by atoms with E-state index in [1.807, 2.05) is 0 Å². The van der Waals surface area contributed by atoms with Crippen LogP contribution in [0, 0.1) is 5.82 Å². The number of rotatable bonds is 6. The minimum Gasteiger partial charge on any atom is -0.491 e. The molecule has 118 valence electrons. The van der Waals surface area contributed by atoms with Crippen LogP contribution in [-0.2, 0) is 15.8 Å². The summed E-state index contributed by atoms with van der Waals surface area (Å²) >= 11 is 5.75. The zero-order chi connectivity index (χ0) is 16.2. The summed E-state index contributed by atoms with van der Waals surface area (Å²) in [4.78, 5) is 0. The molecule has 1 N–H and O–H groups in total. The first kappa shape index (κ1) is 16.6. The molecule has 0 aliphatic carbocycles. The van der Waals surface area contributed by atoms with Gasteiger partial charge in [0.1, 0.15) is 0 Å². The summed E-state index contributed by atoms with van der Waals surface area (Å²) in [5.41, 5.74) is 0.734. The van der Waals surface area contributed by atoms with Gasteiger partial charge >= 0.3 is 0 Å². The van der Waals surface area contributed by atoms with E-state index in [1.54, 1.807) is 31.2 Å². The van der Waals surface area contributed by atoms with Crippen molar-refractivity contribution < 1.29 is 17.5 Å². The molecule has 0 unspecified atom stereocenters. The second kappa shape index (κ2) is 6.98. The highest BCUT2D eigenvalue weighted by Gasteiger charge is 2.13. The Kier molecular flexibility index (Phi) is 5.26. The van der Waals surface area contributed by atoms with E-state index in [2.05, 4.69) is 4.72 Å². The molecule has 0 spiro atoms. The van der Waals surface area contributed by atoms with Crippen LogP contribution in [0.5, 0.6) is 5.75 Å². The first-order valence-corrected chi connectivity index (χ1v) is 8.60. The third kappa shape index (κ3) is 4.61. The Morgan fingerprint density at radius 1 is 1.18 bits per heavy atom. The molecule has 0 saturated heterocycles. The van der Waals surface area contributed by atoms with E-state index in [-0.39, 0.29) is 17.2 Å². The van der Waals surface area contributed by atoms with Crippen molar-refractivity contribution in [3.05, 3.63) is 58.9 Å². The van der Waals surface area contributed by atoms with Crippen LogP contribution in [0.25, 0.3) is 0 Å². The molecule has 4 nitrogen and oxygen atoms in total. The fourth-order valence-corrected chi connectivity index (χ4v) is 3.17. The smallest absolute Gasteiger partial charge is 0.236 e. The van der Waals surface area contributed by atoms with Gasteiger partial charge in [0, 0.05) is 11.1 Å². The summed E-state index contributed by atoms with van der Waals surface area (Å²) in [6.45, 7) is 2.07. The average Bonchev–Trinajstić information content (AvgIpc) is 2.44. The van der Waals surface area contributed by atoms with Gasteiger partial charge in [0.05, 0.1) is 18.0 Å². The number of anilines is 1. The van der Waals surface area contributed by atoms with Crippen molar-refractivity contribution in [1.82, 2.24) is 0 Å². The molecule has 0 aliphatic rings. The molecule has 0 bridgehead atoms. The molecule has 0 amide bonds. The van der Waals surface area contributed by atoms with Gasteiger partial charge in [0.2, 0.25) is 10.0 Å². The van der Waals surface area contributed by atoms with E-state index in [9.17, 15) is 12.8 Å². The van der Waals surface area contributed by atoms with Gasteiger partial charge in [-0.3, -0.25) is 4.72 Å². The highest BCUT2D eigenvalue weighted by atomic mass is 35.5. The van der Waals surface area contributed by atoms with E-state index in [0.717, 1.165) is 6.07 Å². The van der Waals surface area contributed by atoms with Crippen LogP contribution in [-0.4, -0.2) is 15.0 Å². The van der Waals surface area contributed by atoms with Gasteiger partial charge in [-0.2, -0.15) is 0 Å². The molecular weight excluding hydrogens is 329 g/mol. The number of sulfonamides is 1. The third-order valence-electron chi connectivity index (χ3n) is 2.78. The molecule has 22 heavy (non-hydrogen) atoms. The van der Waals surface area contributed by atoms with E-state index < -0.39 is 15.8 Å². The van der Waals surface area contributed by atoms with Crippen molar-refractivity contribution in [3.63, 3.8) is 0 Å². The molecule has 0 radical (unpaired) electrons. The number of hydrogen-bond donors (Lipinski definition) is 1.